The van der Waals surface area contributed by atoms with Crippen LogP contribution in [0.3, 0.4) is 0 Å². The highest BCUT2D eigenvalue weighted by Gasteiger charge is 2.33. The second kappa shape index (κ2) is 7.99. The first-order valence-corrected chi connectivity index (χ1v) is 10.4. The molecule has 160 valence electrons. The Kier molecular flexibility index (Phi) is 5.36. The number of carbonyl (C=O) groups excluding carboxylic acids is 1. The first-order valence-electron chi connectivity index (χ1n) is 9.59. The van der Waals surface area contributed by atoms with Gasteiger partial charge in [-0.3, -0.25) is 14.0 Å². The molecule has 2 aromatic heterocycles. The Balaban J connectivity index is 1.97. The van der Waals surface area contributed by atoms with Gasteiger partial charge in [-0.25, -0.2) is 9.79 Å². The lowest BCUT2D eigenvalue weighted by molar-refractivity contribution is -0.136. The minimum Gasteiger partial charge on any atom is -0.497 e. The maximum Gasteiger partial charge on any atom is 0.338 e. The number of thiazole rings is 1. The first-order chi connectivity index (χ1) is 14.8. The third-order valence-electron chi connectivity index (χ3n) is 5.20. The summed E-state index contributed by atoms with van der Waals surface area (Å²) in [5, 5.41) is 4.33. The average Bonchev–Trinajstić information content (AvgIpc) is 3.24. The molecule has 8 nitrogen and oxygen atoms in total. The number of hydrogen-bond acceptors (Lipinski definition) is 7. The molecule has 0 aliphatic carbocycles. The van der Waals surface area contributed by atoms with Crippen molar-refractivity contribution in [3.8, 4) is 5.75 Å². The highest BCUT2D eigenvalue weighted by Crippen LogP contribution is 2.31. The van der Waals surface area contributed by atoms with E-state index in [1.165, 1.54) is 18.4 Å². The van der Waals surface area contributed by atoms with Gasteiger partial charge in [0, 0.05) is 18.8 Å². The molecule has 0 amide bonds. The van der Waals surface area contributed by atoms with Crippen LogP contribution in [0.1, 0.15) is 29.8 Å². The number of esters is 1. The van der Waals surface area contributed by atoms with Crippen LogP contribution < -0.4 is 19.6 Å². The monoisotopic (exact) mass is 438 g/mol. The third-order valence-corrected chi connectivity index (χ3v) is 6.18. The minimum atomic E-state index is -0.647. The molecule has 1 aromatic carbocycles. The molecule has 9 heteroatoms. The molecule has 0 fully saturated rings. The highest BCUT2D eigenvalue weighted by atomic mass is 32.1. The molecule has 1 aliphatic heterocycles. The van der Waals surface area contributed by atoms with Crippen LogP contribution in [-0.4, -0.2) is 34.5 Å². The number of allylic oxidation sites excluding steroid dienone is 1. The molecule has 0 unspecified atom stereocenters. The zero-order valence-corrected chi connectivity index (χ0v) is 18.7. The average molecular weight is 439 g/mol. The molecule has 3 aromatic rings. The van der Waals surface area contributed by atoms with E-state index in [9.17, 15) is 9.59 Å². The maximum absolute atomic E-state index is 13.5. The van der Waals surface area contributed by atoms with Gasteiger partial charge >= 0.3 is 5.97 Å². The maximum atomic E-state index is 13.5. The summed E-state index contributed by atoms with van der Waals surface area (Å²) in [5.74, 6) is 0.169. The number of benzene rings is 1. The van der Waals surface area contributed by atoms with Gasteiger partial charge in [0.15, 0.2) is 4.80 Å². The van der Waals surface area contributed by atoms with E-state index in [0.29, 0.717) is 26.4 Å². The largest absolute Gasteiger partial charge is 0.497 e. The summed E-state index contributed by atoms with van der Waals surface area (Å²) < 4.78 is 14.1. The molecule has 0 saturated carbocycles. The Morgan fingerprint density at radius 1 is 1.19 bits per heavy atom. The lowest BCUT2D eigenvalue weighted by atomic mass is 9.96. The van der Waals surface area contributed by atoms with Crippen LogP contribution in [-0.2, 0) is 16.6 Å². The van der Waals surface area contributed by atoms with Gasteiger partial charge in [-0.2, -0.15) is 5.10 Å². The van der Waals surface area contributed by atoms with Crippen molar-refractivity contribution in [3.63, 3.8) is 0 Å². The molecule has 4 rings (SSSR count). The number of ether oxygens (including phenoxy) is 2. The van der Waals surface area contributed by atoms with Crippen LogP contribution in [0.2, 0.25) is 0 Å². The van der Waals surface area contributed by atoms with Crippen molar-refractivity contribution in [3.05, 3.63) is 78.2 Å². The number of rotatable bonds is 4. The second-order valence-electron chi connectivity index (χ2n) is 7.19. The molecule has 0 N–H and O–H groups in total. The fourth-order valence-electron chi connectivity index (χ4n) is 3.70. The summed E-state index contributed by atoms with van der Waals surface area (Å²) in [6, 6.07) is 6.64. The van der Waals surface area contributed by atoms with E-state index < -0.39 is 12.0 Å². The predicted octanol–water partition coefficient (Wildman–Crippen LogP) is 1.46. The summed E-state index contributed by atoms with van der Waals surface area (Å²) in [6.45, 7) is 3.65. The third kappa shape index (κ3) is 3.61. The van der Waals surface area contributed by atoms with Gasteiger partial charge in [-0.05, 0) is 37.6 Å². The van der Waals surface area contributed by atoms with E-state index in [2.05, 4.69) is 10.1 Å². The molecule has 1 aliphatic rings. The van der Waals surface area contributed by atoms with Crippen molar-refractivity contribution in [2.75, 3.05) is 14.2 Å². The molecule has 31 heavy (non-hydrogen) atoms. The summed E-state index contributed by atoms with van der Waals surface area (Å²) in [6.07, 6.45) is 3.67. The molecule has 0 bridgehead atoms. The van der Waals surface area contributed by atoms with E-state index in [1.807, 2.05) is 38.4 Å². The lowest BCUT2D eigenvalue weighted by Gasteiger charge is -2.24. The van der Waals surface area contributed by atoms with Crippen LogP contribution in [0, 0.1) is 6.92 Å². The number of aryl methyl sites for hydroxylation is 2. The van der Waals surface area contributed by atoms with Crippen molar-refractivity contribution in [1.29, 1.82) is 0 Å². The highest BCUT2D eigenvalue weighted by molar-refractivity contribution is 7.07. The number of aromatic nitrogens is 3. The Bertz CT molecular complexity index is 1380. The topological polar surface area (TPSA) is 87.7 Å². The Morgan fingerprint density at radius 2 is 1.90 bits per heavy atom. The quantitative estimate of drug-likeness (QED) is 0.576. The van der Waals surface area contributed by atoms with Gasteiger partial charge < -0.3 is 9.47 Å². The minimum absolute atomic E-state index is 0.221. The second-order valence-corrected chi connectivity index (χ2v) is 8.20. The van der Waals surface area contributed by atoms with Crippen molar-refractivity contribution < 1.29 is 14.3 Å². The molecule has 1 atom stereocenters. The van der Waals surface area contributed by atoms with Crippen molar-refractivity contribution >= 4 is 23.4 Å². The van der Waals surface area contributed by atoms with Crippen molar-refractivity contribution in [1.82, 2.24) is 14.3 Å². The van der Waals surface area contributed by atoms with Gasteiger partial charge in [0.1, 0.15) is 5.75 Å². The fraction of sp³-hybridized carbons (Fsp3) is 0.273. The van der Waals surface area contributed by atoms with Crippen LogP contribution in [0.25, 0.3) is 6.08 Å². The molecule has 0 radical (unpaired) electrons. The zero-order valence-electron chi connectivity index (χ0n) is 17.9. The van der Waals surface area contributed by atoms with Crippen molar-refractivity contribution in [2.45, 2.75) is 19.9 Å². The summed E-state index contributed by atoms with van der Waals surface area (Å²) >= 11 is 1.29. The van der Waals surface area contributed by atoms with E-state index in [4.69, 9.17) is 9.47 Å². The Hall–Kier alpha value is -3.46. The fourth-order valence-corrected chi connectivity index (χ4v) is 4.73. The Morgan fingerprint density at radius 3 is 2.48 bits per heavy atom. The summed E-state index contributed by atoms with van der Waals surface area (Å²) in [4.78, 5) is 31.2. The van der Waals surface area contributed by atoms with Gasteiger partial charge in [0.05, 0.1) is 41.8 Å². The predicted molar refractivity (Wildman–Crippen MR) is 117 cm³/mol. The number of carbonyl (C=O) groups is 1. The first kappa shape index (κ1) is 20.8. The van der Waals surface area contributed by atoms with Gasteiger partial charge in [0.2, 0.25) is 0 Å². The van der Waals surface area contributed by atoms with Crippen LogP contribution in [0.5, 0.6) is 5.75 Å². The van der Waals surface area contributed by atoms with E-state index in [-0.39, 0.29) is 5.56 Å². The summed E-state index contributed by atoms with van der Waals surface area (Å²) in [5.41, 5.74) is 3.09. The molecular weight excluding hydrogens is 416 g/mol. The number of fused-ring (bicyclic) bond motifs is 1. The number of nitrogens with zero attached hydrogens (tertiary/aromatic N) is 4. The van der Waals surface area contributed by atoms with Crippen LogP contribution in [0.15, 0.2) is 51.5 Å². The van der Waals surface area contributed by atoms with Crippen molar-refractivity contribution in [2.24, 2.45) is 12.0 Å². The van der Waals surface area contributed by atoms with Gasteiger partial charge in [-0.15, -0.1) is 0 Å². The van der Waals surface area contributed by atoms with E-state index in [0.717, 1.165) is 16.8 Å². The zero-order chi connectivity index (χ0) is 22.3. The molecular formula is C22H22N4O4S. The molecule has 0 spiro atoms. The standard InChI is InChI=1S/C22H22N4O4S/c1-12-15(11-25(3)24-12)10-17-20(27)26-19(14-6-8-16(29-4)9-7-14)18(21(28)30-5)13(2)23-22(26)31-17/h6-11,19H,1-5H3/t19-/m1/s1. The van der Waals surface area contributed by atoms with E-state index in [1.54, 1.807) is 35.4 Å². The van der Waals surface area contributed by atoms with Gasteiger partial charge in [-0.1, -0.05) is 23.5 Å². The summed E-state index contributed by atoms with van der Waals surface area (Å²) in [7, 11) is 4.74. The number of methoxy groups -OCH3 is 2. The molecule has 3 heterocycles. The smallest absolute Gasteiger partial charge is 0.338 e. The SMILES string of the molecule is COC(=O)C1=C(C)N=c2sc(=Cc3cn(C)nc3C)c(=O)n2[C@@H]1c1ccc(OC)cc1. The number of hydrogen-bond donors (Lipinski definition) is 0. The molecule has 0 saturated heterocycles. The van der Waals surface area contributed by atoms with Crippen LogP contribution in [0.4, 0.5) is 0 Å². The Labute approximate surface area is 182 Å². The normalized spacial score (nSPS) is 16.2. The lowest BCUT2D eigenvalue weighted by Crippen LogP contribution is -2.39. The van der Waals surface area contributed by atoms with Crippen LogP contribution >= 0.6 is 11.3 Å². The van der Waals surface area contributed by atoms with E-state index >= 15 is 0 Å². The van der Waals surface area contributed by atoms with Gasteiger partial charge in [0.25, 0.3) is 5.56 Å².